The maximum Gasteiger partial charge on any atom is 0.229 e. The van der Waals surface area contributed by atoms with Gasteiger partial charge in [-0.15, -0.1) is 0 Å². The summed E-state index contributed by atoms with van der Waals surface area (Å²) >= 11 is 0. The Morgan fingerprint density at radius 1 is 1.18 bits per heavy atom. The van der Waals surface area contributed by atoms with E-state index in [-0.39, 0.29) is 17.9 Å². The molecule has 0 heterocycles. The highest BCUT2D eigenvalue weighted by atomic mass is 32.2. The largest absolute Gasteiger partial charge is 0.349 e. The van der Waals surface area contributed by atoms with Crippen molar-refractivity contribution in [3.8, 4) is 0 Å². The highest BCUT2D eigenvalue weighted by molar-refractivity contribution is 7.92. The van der Waals surface area contributed by atoms with Crippen molar-refractivity contribution >= 4 is 21.6 Å². The third-order valence-corrected chi connectivity index (χ3v) is 4.65. The Morgan fingerprint density at radius 2 is 1.82 bits per heavy atom. The lowest BCUT2D eigenvalue weighted by molar-refractivity contribution is -0.126. The highest BCUT2D eigenvalue weighted by Crippen LogP contribution is 2.27. The number of amides is 1. The van der Waals surface area contributed by atoms with E-state index >= 15 is 0 Å². The number of para-hydroxylation sites is 1. The van der Waals surface area contributed by atoms with Crippen LogP contribution in [0.25, 0.3) is 0 Å². The van der Waals surface area contributed by atoms with E-state index in [2.05, 4.69) is 10.0 Å². The van der Waals surface area contributed by atoms with E-state index < -0.39 is 10.0 Å². The van der Waals surface area contributed by atoms with Crippen molar-refractivity contribution in [2.24, 2.45) is 5.92 Å². The Morgan fingerprint density at radius 3 is 2.45 bits per heavy atom. The molecule has 2 rings (SSSR count). The smallest absolute Gasteiger partial charge is 0.229 e. The van der Waals surface area contributed by atoms with E-state index in [1.807, 2.05) is 19.1 Å². The standard InChI is InChI=1S/C16H24N2O3S/c1-12(17-16(19)13-8-4-3-5-9-13)14-10-6-7-11-15(14)18-22(2,20)21/h6-7,10-13,18H,3-5,8-9H2,1-2H3,(H,17,19)/t12-/m1/s1. The van der Waals surface area contributed by atoms with Gasteiger partial charge in [-0.25, -0.2) is 8.42 Å². The topological polar surface area (TPSA) is 75.3 Å². The van der Waals surface area contributed by atoms with E-state index in [1.54, 1.807) is 12.1 Å². The third kappa shape index (κ3) is 4.73. The molecule has 0 unspecified atom stereocenters. The predicted molar refractivity (Wildman–Crippen MR) is 88.0 cm³/mol. The van der Waals surface area contributed by atoms with Crippen molar-refractivity contribution in [2.45, 2.75) is 45.1 Å². The number of nitrogens with one attached hydrogen (secondary N) is 2. The molecule has 1 aliphatic carbocycles. The Kier molecular flexibility index (Phi) is 5.45. The van der Waals surface area contributed by atoms with E-state index in [0.29, 0.717) is 5.69 Å². The third-order valence-electron chi connectivity index (χ3n) is 4.06. The van der Waals surface area contributed by atoms with Gasteiger partial charge in [0, 0.05) is 5.92 Å². The first-order chi connectivity index (χ1) is 10.4. The van der Waals surface area contributed by atoms with Crippen molar-refractivity contribution in [3.63, 3.8) is 0 Å². The fourth-order valence-corrected chi connectivity index (χ4v) is 3.53. The summed E-state index contributed by atoms with van der Waals surface area (Å²) in [5.41, 5.74) is 1.29. The van der Waals surface area contributed by atoms with E-state index in [1.165, 1.54) is 6.42 Å². The summed E-state index contributed by atoms with van der Waals surface area (Å²) in [5.74, 6) is 0.160. The maximum absolute atomic E-state index is 12.3. The Labute approximate surface area is 132 Å². The second-order valence-corrected chi connectivity index (χ2v) is 7.78. The van der Waals surface area contributed by atoms with Gasteiger partial charge in [-0.1, -0.05) is 37.5 Å². The minimum atomic E-state index is -3.34. The second kappa shape index (κ2) is 7.13. The molecule has 0 radical (unpaired) electrons. The zero-order valence-electron chi connectivity index (χ0n) is 13.1. The van der Waals surface area contributed by atoms with Crippen LogP contribution >= 0.6 is 0 Å². The van der Waals surface area contributed by atoms with E-state index in [4.69, 9.17) is 0 Å². The normalized spacial score (nSPS) is 17.7. The lowest BCUT2D eigenvalue weighted by Gasteiger charge is -2.24. The zero-order chi connectivity index (χ0) is 16.2. The molecule has 0 saturated heterocycles. The molecule has 1 atom stereocenters. The van der Waals surface area contributed by atoms with E-state index in [9.17, 15) is 13.2 Å². The van der Waals surface area contributed by atoms with Crippen molar-refractivity contribution in [1.29, 1.82) is 0 Å². The molecule has 1 aliphatic rings. The maximum atomic E-state index is 12.3. The monoisotopic (exact) mass is 324 g/mol. The molecule has 122 valence electrons. The number of anilines is 1. The lowest BCUT2D eigenvalue weighted by Crippen LogP contribution is -2.34. The summed E-state index contributed by atoms with van der Waals surface area (Å²) in [6.45, 7) is 1.88. The van der Waals surface area contributed by atoms with Gasteiger partial charge in [0.05, 0.1) is 18.0 Å². The minimum absolute atomic E-state index is 0.0707. The average Bonchev–Trinajstić information content (AvgIpc) is 2.47. The van der Waals surface area contributed by atoms with Crippen molar-refractivity contribution < 1.29 is 13.2 Å². The van der Waals surface area contributed by atoms with Crippen molar-refractivity contribution in [1.82, 2.24) is 5.32 Å². The molecule has 6 heteroatoms. The molecule has 1 fully saturated rings. The zero-order valence-corrected chi connectivity index (χ0v) is 13.9. The van der Waals surface area contributed by atoms with Gasteiger partial charge < -0.3 is 5.32 Å². The van der Waals surface area contributed by atoms with Gasteiger partial charge in [0.1, 0.15) is 0 Å². The number of hydrogen-bond donors (Lipinski definition) is 2. The summed E-state index contributed by atoms with van der Waals surface area (Å²) in [7, 11) is -3.34. The van der Waals surface area contributed by atoms with Crippen LogP contribution in [0.1, 0.15) is 50.6 Å². The van der Waals surface area contributed by atoms with Gasteiger partial charge in [-0.05, 0) is 31.4 Å². The van der Waals surface area contributed by atoms with Crippen LogP contribution in [0.2, 0.25) is 0 Å². The SMILES string of the molecule is C[C@@H](NC(=O)C1CCCCC1)c1ccccc1NS(C)(=O)=O. The molecule has 0 aromatic heterocycles. The first-order valence-electron chi connectivity index (χ1n) is 7.74. The van der Waals surface area contributed by atoms with Gasteiger partial charge in [0.25, 0.3) is 0 Å². The second-order valence-electron chi connectivity index (χ2n) is 6.03. The Balaban J connectivity index is 2.08. The van der Waals surface area contributed by atoms with Gasteiger partial charge >= 0.3 is 0 Å². The number of benzene rings is 1. The quantitative estimate of drug-likeness (QED) is 0.874. The van der Waals surface area contributed by atoms with Gasteiger partial charge in [0.15, 0.2) is 0 Å². The predicted octanol–water partition coefficient (Wildman–Crippen LogP) is 2.82. The van der Waals surface area contributed by atoms with Crippen LogP contribution in [0, 0.1) is 5.92 Å². The van der Waals surface area contributed by atoms with Crippen molar-refractivity contribution in [2.75, 3.05) is 11.0 Å². The molecule has 0 spiro atoms. The minimum Gasteiger partial charge on any atom is -0.349 e. The van der Waals surface area contributed by atoms with Crippen LogP contribution < -0.4 is 10.0 Å². The van der Waals surface area contributed by atoms with Crippen LogP contribution in [-0.2, 0) is 14.8 Å². The molecular weight excluding hydrogens is 300 g/mol. The molecule has 0 bridgehead atoms. The van der Waals surface area contributed by atoms with Gasteiger partial charge in [-0.2, -0.15) is 0 Å². The molecule has 1 saturated carbocycles. The van der Waals surface area contributed by atoms with Crippen molar-refractivity contribution in [3.05, 3.63) is 29.8 Å². The highest BCUT2D eigenvalue weighted by Gasteiger charge is 2.23. The number of hydrogen-bond acceptors (Lipinski definition) is 3. The molecule has 5 nitrogen and oxygen atoms in total. The molecule has 1 aromatic carbocycles. The molecule has 1 aromatic rings. The fourth-order valence-electron chi connectivity index (χ4n) is 2.94. The average molecular weight is 324 g/mol. The number of sulfonamides is 1. The summed E-state index contributed by atoms with van der Waals surface area (Å²) in [4.78, 5) is 12.3. The van der Waals surface area contributed by atoms with E-state index in [0.717, 1.165) is 37.5 Å². The summed E-state index contributed by atoms with van der Waals surface area (Å²) in [6.07, 6.45) is 6.44. The van der Waals surface area contributed by atoms with Crippen LogP contribution in [-0.4, -0.2) is 20.6 Å². The van der Waals surface area contributed by atoms with Crippen LogP contribution in [0.5, 0.6) is 0 Å². The Bertz CT molecular complexity index is 622. The molecule has 1 amide bonds. The van der Waals surface area contributed by atoms with Gasteiger partial charge in [0.2, 0.25) is 15.9 Å². The first kappa shape index (κ1) is 16.8. The van der Waals surface area contributed by atoms with Crippen LogP contribution in [0.3, 0.4) is 0 Å². The molecule has 2 N–H and O–H groups in total. The summed E-state index contributed by atoms with van der Waals surface area (Å²) in [5, 5.41) is 3.02. The van der Waals surface area contributed by atoms with Crippen LogP contribution in [0.4, 0.5) is 5.69 Å². The fraction of sp³-hybridized carbons (Fsp3) is 0.562. The number of carbonyl (C=O) groups excluding carboxylic acids is 1. The van der Waals surface area contributed by atoms with Gasteiger partial charge in [-0.3, -0.25) is 9.52 Å². The Hall–Kier alpha value is -1.56. The molecular formula is C16H24N2O3S. The van der Waals surface area contributed by atoms with Crippen LogP contribution in [0.15, 0.2) is 24.3 Å². The first-order valence-corrected chi connectivity index (χ1v) is 9.63. The molecule has 0 aliphatic heterocycles. The number of rotatable bonds is 5. The summed E-state index contributed by atoms with van der Waals surface area (Å²) in [6, 6.07) is 6.91. The number of carbonyl (C=O) groups is 1. The molecule has 22 heavy (non-hydrogen) atoms. The summed E-state index contributed by atoms with van der Waals surface area (Å²) < 4.78 is 25.4. The lowest BCUT2D eigenvalue weighted by atomic mass is 9.88.